The number of benzene rings is 1. The third kappa shape index (κ3) is 3.78. The molecule has 0 bridgehead atoms. The molecule has 0 unspecified atom stereocenters. The monoisotopic (exact) mass is 336 g/mol. The van der Waals surface area contributed by atoms with Gasteiger partial charge in [-0.1, -0.05) is 0 Å². The van der Waals surface area contributed by atoms with Crippen molar-refractivity contribution < 1.29 is 34.0 Å². The largest absolute Gasteiger partial charge is 0.504 e. The van der Waals surface area contributed by atoms with E-state index in [4.69, 9.17) is 13.9 Å². The molecule has 128 valence electrons. The van der Waals surface area contributed by atoms with Crippen LogP contribution in [0.4, 0.5) is 0 Å². The number of hydrogen-bond donors (Lipinski definition) is 3. The van der Waals surface area contributed by atoms with Gasteiger partial charge in [0.05, 0.1) is 25.0 Å². The van der Waals surface area contributed by atoms with Crippen LogP contribution in [0.3, 0.4) is 0 Å². The molecule has 0 aliphatic rings. The Bertz CT molecular complexity index is 793. The molecule has 0 spiro atoms. The summed E-state index contributed by atoms with van der Waals surface area (Å²) in [5.74, 6) is -2.40. The van der Waals surface area contributed by atoms with Crippen LogP contribution in [0.2, 0.25) is 0 Å². The zero-order valence-electron chi connectivity index (χ0n) is 12.8. The van der Waals surface area contributed by atoms with Crippen LogP contribution >= 0.6 is 0 Å². The number of carbonyl (C=O) groups is 1. The maximum absolute atomic E-state index is 11.7. The first-order chi connectivity index (χ1) is 11.4. The number of esters is 1. The number of carbonyl (C=O) groups excluding carboxylic acids is 1. The molecule has 8 nitrogen and oxygen atoms in total. The van der Waals surface area contributed by atoms with Crippen LogP contribution in [0, 0.1) is 0 Å². The van der Waals surface area contributed by atoms with Gasteiger partial charge in [0.2, 0.25) is 16.9 Å². The van der Waals surface area contributed by atoms with Crippen molar-refractivity contribution >= 4 is 5.97 Å². The molecule has 0 aliphatic carbocycles. The molecule has 24 heavy (non-hydrogen) atoms. The zero-order chi connectivity index (χ0) is 17.7. The summed E-state index contributed by atoms with van der Waals surface area (Å²) < 4.78 is 15.1. The minimum atomic E-state index is -0.677. The van der Waals surface area contributed by atoms with Crippen molar-refractivity contribution in [3.63, 3.8) is 0 Å². The van der Waals surface area contributed by atoms with Crippen molar-refractivity contribution in [2.24, 2.45) is 0 Å². The van der Waals surface area contributed by atoms with E-state index in [-0.39, 0.29) is 36.7 Å². The normalized spacial score (nSPS) is 10.4. The minimum Gasteiger partial charge on any atom is -0.504 e. The molecular formula is C16H16O8. The summed E-state index contributed by atoms with van der Waals surface area (Å²) >= 11 is 0. The third-order valence-electron chi connectivity index (χ3n) is 3.08. The quantitative estimate of drug-likeness (QED) is 0.536. The first kappa shape index (κ1) is 17.2. The molecule has 1 aromatic carbocycles. The van der Waals surface area contributed by atoms with E-state index in [1.165, 1.54) is 6.07 Å². The summed E-state index contributed by atoms with van der Waals surface area (Å²) in [5, 5.41) is 29.0. The third-order valence-corrected chi connectivity index (χ3v) is 3.08. The molecule has 2 aromatic rings. The highest BCUT2D eigenvalue weighted by Crippen LogP contribution is 2.36. The highest BCUT2D eigenvalue weighted by Gasteiger charge is 2.16. The summed E-state index contributed by atoms with van der Waals surface area (Å²) in [7, 11) is 0. The molecule has 8 heteroatoms. The molecule has 0 aliphatic heterocycles. The van der Waals surface area contributed by atoms with Crippen LogP contribution in [0.25, 0.3) is 0 Å². The number of rotatable bonds is 6. The van der Waals surface area contributed by atoms with E-state index in [9.17, 15) is 24.9 Å². The van der Waals surface area contributed by atoms with E-state index in [0.717, 1.165) is 18.4 Å². The Kier molecular flexibility index (Phi) is 5.31. The lowest BCUT2D eigenvalue weighted by Gasteiger charge is -2.11. The molecule has 3 N–H and O–H groups in total. The molecule has 0 saturated carbocycles. The van der Waals surface area contributed by atoms with Crippen LogP contribution in [0.15, 0.2) is 33.7 Å². The van der Waals surface area contributed by atoms with Crippen LogP contribution < -0.4 is 10.2 Å². The number of phenolic OH excluding ortho intramolecular Hbond substituents is 2. The summed E-state index contributed by atoms with van der Waals surface area (Å²) in [6.45, 7) is 1.71. The van der Waals surface area contributed by atoms with Crippen LogP contribution in [-0.2, 0) is 11.2 Å². The molecule has 0 atom stereocenters. The van der Waals surface area contributed by atoms with Crippen LogP contribution in [-0.4, -0.2) is 34.5 Å². The number of phenols is 2. The average Bonchev–Trinajstić information content (AvgIpc) is 2.55. The predicted molar refractivity (Wildman–Crippen MR) is 81.6 cm³/mol. The highest BCUT2D eigenvalue weighted by molar-refractivity contribution is 5.91. The van der Waals surface area contributed by atoms with E-state index < -0.39 is 28.6 Å². The lowest BCUT2D eigenvalue weighted by atomic mass is 10.2. The molecule has 0 amide bonds. The van der Waals surface area contributed by atoms with Gasteiger partial charge in [-0.2, -0.15) is 0 Å². The first-order valence-electron chi connectivity index (χ1n) is 7.09. The van der Waals surface area contributed by atoms with Crippen molar-refractivity contribution in [3.05, 3.63) is 46.0 Å². The van der Waals surface area contributed by atoms with Gasteiger partial charge in [0, 0.05) is 12.5 Å². The van der Waals surface area contributed by atoms with Gasteiger partial charge in [0.15, 0.2) is 17.3 Å². The second kappa shape index (κ2) is 7.40. The fraction of sp³-hybridized carbons (Fsp3) is 0.250. The Morgan fingerprint density at radius 3 is 2.67 bits per heavy atom. The number of ether oxygens (including phenoxy) is 2. The predicted octanol–water partition coefficient (Wildman–Crippen LogP) is 1.55. The van der Waals surface area contributed by atoms with Crippen LogP contribution in [0.5, 0.6) is 23.0 Å². The van der Waals surface area contributed by atoms with Crippen molar-refractivity contribution in [1.29, 1.82) is 0 Å². The van der Waals surface area contributed by atoms with E-state index in [0.29, 0.717) is 0 Å². The maximum atomic E-state index is 11.7. The highest BCUT2D eigenvalue weighted by atomic mass is 16.5. The van der Waals surface area contributed by atoms with Gasteiger partial charge in [0.25, 0.3) is 0 Å². The average molecular weight is 336 g/mol. The first-order valence-corrected chi connectivity index (χ1v) is 7.09. The van der Waals surface area contributed by atoms with Crippen molar-refractivity contribution in [2.75, 3.05) is 13.2 Å². The fourth-order valence-electron chi connectivity index (χ4n) is 1.92. The van der Waals surface area contributed by atoms with E-state index >= 15 is 0 Å². The second-order valence-corrected chi connectivity index (χ2v) is 4.72. The Morgan fingerprint density at radius 2 is 1.96 bits per heavy atom. The standard InChI is InChI=1S/C16H16O8/c1-2-22-16(21)9-7-11(18)15(20)13(8-9)24-6-4-12-14(19)10(17)3-5-23-12/h3,5,7-8,18-20H,2,4,6H2,1H3. The maximum Gasteiger partial charge on any atom is 0.338 e. The van der Waals surface area contributed by atoms with Crippen molar-refractivity contribution in [2.45, 2.75) is 13.3 Å². The van der Waals surface area contributed by atoms with Gasteiger partial charge in [-0.25, -0.2) is 4.79 Å². The van der Waals surface area contributed by atoms with Gasteiger partial charge in [0.1, 0.15) is 0 Å². The summed E-state index contributed by atoms with van der Waals surface area (Å²) in [4.78, 5) is 23.0. The summed E-state index contributed by atoms with van der Waals surface area (Å²) in [6.07, 6.45) is 1.17. The Balaban J connectivity index is 2.13. The Labute approximate surface area is 136 Å². The molecule has 2 rings (SSSR count). The van der Waals surface area contributed by atoms with Gasteiger partial charge < -0.3 is 29.2 Å². The van der Waals surface area contributed by atoms with Gasteiger partial charge in [-0.05, 0) is 19.1 Å². The molecule has 1 aromatic heterocycles. The fourth-order valence-corrected chi connectivity index (χ4v) is 1.92. The van der Waals surface area contributed by atoms with E-state index in [1.807, 2.05) is 0 Å². The molecule has 0 fully saturated rings. The minimum absolute atomic E-state index is 0.0104. The summed E-state index contributed by atoms with van der Waals surface area (Å²) in [6, 6.07) is 3.35. The topological polar surface area (TPSA) is 126 Å². The Hall–Kier alpha value is -3.16. The smallest absolute Gasteiger partial charge is 0.338 e. The van der Waals surface area contributed by atoms with Crippen LogP contribution in [0.1, 0.15) is 23.0 Å². The summed E-state index contributed by atoms with van der Waals surface area (Å²) in [5.41, 5.74) is -0.572. The second-order valence-electron chi connectivity index (χ2n) is 4.72. The van der Waals surface area contributed by atoms with E-state index in [1.54, 1.807) is 6.92 Å². The molecule has 1 heterocycles. The Morgan fingerprint density at radius 1 is 1.21 bits per heavy atom. The molecular weight excluding hydrogens is 320 g/mol. The van der Waals surface area contributed by atoms with Gasteiger partial charge >= 0.3 is 5.97 Å². The van der Waals surface area contributed by atoms with Crippen molar-refractivity contribution in [3.8, 4) is 23.0 Å². The van der Waals surface area contributed by atoms with E-state index in [2.05, 4.69) is 0 Å². The lowest BCUT2D eigenvalue weighted by molar-refractivity contribution is 0.0525. The van der Waals surface area contributed by atoms with Crippen molar-refractivity contribution in [1.82, 2.24) is 0 Å². The number of hydrogen-bond acceptors (Lipinski definition) is 8. The molecule has 0 radical (unpaired) electrons. The zero-order valence-corrected chi connectivity index (χ0v) is 12.8. The number of aromatic hydroxyl groups is 3. The van der Waals surface area contributed by atoms with Gasteiger partial charge in [-0.3, -0.25) is 4.79 Å². The SMILES string of the molecule is CCOC(=O)c1cc(O)c(O)c(OCCc2occc(=O)c2O)c1. The molecule has 0 saturated heterocycles. The van der Waals surface area contributed by atoms with Gasteiger partial charge in [-0.15, -0.1) is 0 Å². The lowest BCUT2D eigenvalue weighted by Crippen LogP contribution is -2.08.